The van der Waals surface area contributed by atoms with Crippen molar-refractivity contribution in [2.45, 2.75) is 46.3 Å². The van der Waals surface area contributed by atoms with Crippen molar-refractivity contribution in [3.63, 3.8) is 0 Å². The molecule has 0 saturated heterocycles. The highest BCUT2D eigenvalue weighted by atomic mass is 19.1. The van der Waals surface area contributed by atoms with Gasteiger partial charge in [0.2, 0.25) is 0 Å². The van der Waals surface area contributed by atoms with Gasteiger partial charge in [0.15, 0.2) is 0 Å². The van der Waals surface area contributed by atoms with E-state index in [1.54, 1.807) is 12.3 Å². The first kappa shape index (κ1) is 14.7. The standard InChI is InChI=1S/C16H22FN3/c1-4-9-20-16(7-8-19-20)13-5-6-14(15(17)10-13)11-18-12(2)3/h5-8,10,12,18H,4,9,11H2,1-3H3. The van der Waals surface area contributed by atoms with E-state index in [1.165, 1.54) is 0 Å². The Bertz CT molecular complexity index is 561. The quantitative estimate of drug-likeness (QED) is 0.873. The molecule has 2 rings (SSSR count). The molecule has 0 spiro atoms. The Hall–Kier alpha value is -1.68. The molecule has 0 fully saturated rings. The maximum absolute atomic E-state index is 14.1. The molecule has 0 bridgehead atoms. The number of aromatic nitrogens is 2. The van der Waals surface area contributed by atoms with Gasteiger partial charge >= 0.3 is 0 Å². The lowest BCUT2D eigenvalue weighted by Gasteiger charge is -2.11. The molecular formula is C16H22FN3. The lowest BCUT2D eigenvalue weighted by Crippen LogP contribution is -2.22. The van der Waals surface area contributed by atoms with Gasteiger partial charge in [-0.2, -0.15) is 5.10 Å². The van der Waals surface area contributed by atoms with E-state index >= 15 is 0 Å². The molecule has 0 aliphatic heterocycles. The zero-order chi connectivity index (χ0) is 14.5. The summed E-state index contributed by atoms with van der Waals surface area (Å²) in [5.74, 6) is -0.167. The molecule has 0 atom stereocenters. The van der Waals surface area contributed by atoms with Crippen molar-refractivity contribution in [2.75, 3.05) is 0 Å². The van der Waals surface area contributed by atoms with Crippen molar-refractivity contribution in [1.82, 2.24) is 15.1 Å². The average Bonchev–Trinajstić information content (AvgIpc) is 2.86. The number of halogens is 1. The van der Waals surface area contributed by atoms with Gasteiger partial charge in [-0.25, -0.2) is 4.39 Å². The largest absolute Gasteiger partial charge is 0.310 e. The minimum absolute atomic E-state index is 0.167. The van der Waals surface area contributed by atoms with Gasteiger partial charge < -0.3 is 5.32 Å². The fourth-order valence-corrected chi connectivity index (χ4v) is 2.13. The highest BCUT2D eigenvalue weighted by molar-refractivity contribution is 5.59. The second-order valence-corrected chi connectivity index (χ2v) is 5.28. The molecule has 20 heavy (non-hydrogen) atoms. The molecule has 0 unspecified atom stereocenters. The van der Waals surface area contributed by atoms with Crippen LogP contribution in [-0.2, 0) is 13.1 Å². The first-order chi connectivity index (χ1) is 9.61. The Morgan fingerprint density at radius 3 is 2.75 bits per heavy atom. The summed E-state index contributed by atoms with van der Waals surface area (Å²) in [7, 11) is 0. The second-order valence-electron chi connectivity index (χ2n) is 5.28. The normalized spacial score (nSPS) is 11.2. The number of nitrogens with one attached hydrogen (secondary N) is 1. The Morgan fingerprint density at radius 1 is 1.30 bits per heavy atom. The number of aryl methyl sites for hydroxylation is 1. The van der Waals surface area contributed by atoms with E-state index < -0.39 is 0 Å². The highest BCUT2D eigenvalue weighted by Crippen LogP contribution is 2.22. The van der Waals surface area contributed by atoms with Gasteiger partial charge in [0.05, 0.1) is 5.69 Å². The summed E-state index contributed by atoms with van der Waals surface area (Å²) in [6.45, 7) is 7.61. The van der Waals surface area contributed by atoms with Crippen LogP contribution < -0.4 is 5.32 Å². The fourth-order valence-electron chi connectivity index (χ4n) is 2.13. The van der Waals surface area contributed by atoms with Crippen LogP contribution in [0.2, 0.25) is 0 Å². The molecule has 3 nitrogen and oxygen atoms in total. The van der Waals surface area contributed by atoms with Crippen LogP contribution in [0.15, 0.2) is 30.5 Å². The van der Waals surface area contributed by atoms with Gasteiger partial charge in [0.1, 0.15) is 5.82 Å². The van der Waals surface area contributed by atoms with Crippen molar-refractivity contribution in [3.05, 3.63) is 41.8 Å². The molecular weight excluding hydrogens is 253 g/mol. The predicted octanol–water partition coefficient (Wildman–Crippen LogP) is 3.60. The summed E-state index contributed by atoms with van der Waals surface area (Å²) in [5.41, 5.74) is 2.54. The van der Waals surface area contributed by atoms with Crippen LogP contribution in [0.4, 0.5) is 4.39 Å². The zero-order valence-electron chi connectivity index (χ0n) is 12.4. The molecule has 0 aliphatic rings. The maximum atomic E-state index is 14.1. The minimum Gasteiger partial charge on any atom is -0.310 e. The molecule has 1 aromatic heterocycles. The summed E-state index contributed by atoms with van der Waals surface area (Å²) >= 11 is 0. The zero-order valence-corrected chi connectivity index (χ0v) is 12.4. The number of benzene rings is 1. The number of nitrogens with zero attached hydrogens (tertiary/aromatic N) is 2. The molecule has 2 aromatic rings. The van der Waals surface area contributed by atoms with Crippen LogP contribution in [0.1, 0.15) is 32.8 Å². The number of hydrogen-bond donors (Lipinski definition) is 1. The summed E-state index contributed by atoms with van der Waals surface area (Å²) in [6.07, 6.45) is 2.77. The van der Waals surface area contributed by atoms with E-state index in [2.05, 4.69) is 31.2 Å². The van der Waals surface area contributed by atoms with Crippen LogP contribution in [0.25, 0.3) is 11.3 Å². The Morgan fingerprint density at radius 2 is 2.10 bits per heavy atom. The van der Waals surface area contributed by atoms with Crippen molar-refractivity contribution in [1.29, 1.82) is 0 Å². The van der Waals surface area contributed by atoms with Gasteiger partial charge in [-0.05, 0) is 18.6 Å². The molecule has 108 valence electrons. The lowest BCUT2D eigenvalue weighted by atomic mass is 10.1. The molecule has 0 amide bonds. The van der Waals surface area contributed by atoms with E-state index in [-0.39, 0.29) is 5.82 Å². The third-order valence-corrected chi connectivity index (χ3v) is 3.20. The van der Waals surface area contributed by atoms with Crippen LogP contribution in [0, 0.1) is 5.82 Å². The lowest BCUT2D eigenvalue weighted by molar-refractivity contribution is 0.553. The van der Waals surface area contributed by atoms with Crippen LogP contribution in [0.5, 0.6) is 0 Å². The molecule has 1 N–H and O–H groups in total. The van der Waals surface area contributed by atoms with Crippen molar-refractivity contribution >= 4 is 0 Å². The van der Waals surface area contributed by atoms with Crippen molar-refractivity contribution < 1.29 is 4.39 Å². The topological polar surface area (TPSA) is 29.9 Å². The Balaban J connectivity index is 2.22. The summed E-state index contributed by atoms with van der Waals surface area (Å²) in [5, 5.41) is 7.51. The smallest absolute Gasteiger partial charge is 0.128 e. The predicted molar refractivity (Wildman–Crippen MR) is 79.9 cm³/mol. The Kier molecular flexibility index (Phi) is 4.90. The fraction of sp³-hybridized carbons (Fsp3) is 0.438. The summed E-state index contributed by atoms with van der Waals surface area (Å²) in [6, 6.07) is 7.68. The van der Waals surface area contributed by atoms with Crippen molar-refractivity contribution in [2.24, 2.45) is 0 Å². The van der Waals surface area contributed by atoms with Gasteiger partial charge in [0.25, 0.3) is 0 Å². The van der Waals surface area contributed by atoms with Crippen LogP contribution >= 0.6 is 0 Å². The molecule has 0 saturated carbocycles. The maximum Gasteiger partial charge on any atom is 0.128 e. The molecule has 1 aromatic carbocycles. The first-order valence-electron chi connectivity index (χ1n) is 7.15. The summed E-state index contributed by atoms with van der Waals surface area (Å²) in [4.78, 5) is 0. The monoisotopic (exact) mass is 275 g/mol. The average molecular weight is 275 g/mol. The van der Waals surface area contributed by atoms with E-state index in [4.69, 9.17) is 0 Å². The van der Waals surface area contributed by atoms with E-state index in [1.807, 2.05) is 22.9 Å². The number of rotatable bonds is 6. The second kappa shape index (κ2) is 6.66. The first-order valence-corrected chi connectivity index (χ1v) is 7.15. The molecule has 4 heteroatoms. The van der Waals surface area contributed by atoms with Gasteiger partial charge in [-0.15, -0.1) is 0 Å². The SMILES string of the molecule is CCCn1nccc1-c1ccc(CNC(C)C)c(F)c1. The molecule has 1 heterocycles. The summed E-state index contributed by atoms with van der Waals surface area (Å²) < 4.78 is 16.1. The third-order valence-electron chi connectivity index (χ3n) is 3.20. The minimum atomic E-state index is -0.167. The highest BCUT2D eigenvalue weighted by Gasteiger charge is 2.09. The van der Waals surface area contributed by atoms with Gasteiger partial charge in [-0.3, -0.25) is 4.68 Å². The third kappa shape index (κ3) is 3.45. The van der Waals surface area contributed by atoms with Gasteiger partial charge in [-0.1, -0.05) is 32.9 Å². The van der Waals surface area contributed by atoms with Crippen molar-refractivity contribution in [3.8, 4) is 11.3 Å². The van der Waals surface area contributed by atoms with Crippen LogP contribution in [0.3, 0.4) is 0 Å². The van der Waals surface area contributed by atoms with Crippen LogP contribution in [-0.4, -0.2) is 15.8 Å². The van der Waals surface area contributed by atoms with E-state index in [0.29, 0.717) is 18.2 Å². The number of hydrogen-bond acceptors (Lipinski definition) is 2. The Labute approximate surface area is 119 Å². The van der Waals surface area contributed by atoms with E-state index in [9.17, 15) is 4.39 Å². The van der Waals surface area contributed by atoms with Gasteiger partial charge in [0, 0.05) is 36.5 Å². The molecule has 0 radical (unpaired) electrons. The van der Waals surface area contributed by atoms with E-state index in [0.717, 1.165) is 24.2 Å². The molecule has 0 aliphatic carbocycles.